The predicted octanol–water partition coefficient (Wildman–Crippen LogP) is 5.69. The third-order valence-electron chi connectivity index (χ3n) is 6.28. The highest BCUT2D eigenvalue weighted by atomic mass is 19.1. The Morgan fingerprint density at radius 2 is 1.89 bits per heavy atom. The molecule has 0 aliphatic rings. The first-order valence-electron chi connectivity index (χ1n) is 11.9. The normalized spacial score (nSPS) is 11.3. The van der Waals surface area contributed by atoms with Gasteiger partial charge in [0.25, 0.3) is 0 Å². The van der Waals surface area contributed by atoms with Crippen LogP contribution in [0.1, 0.15) is 37.0 Å². The quantitative estimate of drug-likeness (QED) is 0.315. The first kappa shape index (κ1) is 22.7. The van der Waals surface area contributed by atoms with Crippen LogP contribution in [0.3, 0.4) is 0 Å². The van der Waals surface area contributed by atoms with Crippen LogP contribution in [0.2, 0.25) is 0 Å². The van der Waals surface area contributed by atoms with E-state index in [9.17, 15) is 0 Å². The average molecular weight is 470 g/mol. The fourth-order valence-electron chi connectivity index (χ4n) is 4.45. The van der Waals surface area contributed by atoms with Crippen LogP contribution >= 0.6 is 0 Å². The Kier molecular flexibility index (Phi) is 6.27. The maximum atomic E-state index is 15.7. The molecule has 0 amide bonds. The molecule has 35 heavy (non-hydrogen) atoms. The Morgan fingerprint density at radius 1 is 1.00 bits per heavy atom. The topological polar surface area (TPSA) is 71.2 Å². The highest BCUT2D eigenvalue weighted by molar-refractivity contribution is 5.93. The lowest BCUT2D eigenvalue weighted by molar-refractivity contribution is 0.628. The summed E-state index contributed by atoms with van der Waals surface area (Å²) in [5.74, 6) is 0.171. The second-order valence-corrected chi connectivity index (χ2v) is 8.64. The highest BCUT2D eigenvalue weighted by Gasteiger charge is 2.17. The van der Waals surface area contributed by atoms with Gasteiger partial charge in [-0.15, -0.1) is 0 Å². The minimum Gasteiger partial charge on any atom is -0.369 e. The lowest BCUT2D eigenvalue weighted by Crippen LogP contribution is -2.24. The van der Waals surface area contributed by atoms with Crippen molar-refractivity contribution in [3.63, 3.8) is 0 Å². The van der Waals surface area contributed by atoms with Crippen molar-refractivity contribution in [1.82, 2.24) is 24.6 Å². The molecule has 8 heteroatoms. The molecule has 0 saturated carbocycles. The zero-order valence-electron chi connectivity index (χ0n) is 20.2. The van der Waals surface area contributed by atoms with E-state index in [1.165, 1.54) is 17.5 Å². The van der Waals surface area contributed by atoms with Crippen LogP contribution in [-0.2, 0) is 6.42 Å². The van der Waals surface area contributed by atoms with Gasteiger partial charge in [0.05, 0.1) is 16.6 Å². The summed E-state index contributed by atoms with van der Waals surface area (Å²) >= 11 is 0. The lowest BCUT2D eigenvalue weighted by Gasteiger charge is -2.23. The zero-order valence-corrected chi connectivity index (χ0v) is 20.2. The average Bonchev–Trinajstić information content (AvgIpc) is 3.33. The van der Waals surface area contributed by atoms with Crippen molar-refractivity contribution in [3.8, 4) is 0 Å². The fourth-order valence-corrected chi connectivity index (χ4v) is 4.45. The maximum absolute atomic E-state index is 15.7. The molecule has 0 bridgehead atoms. The number of fused-ring (bicyclic) bond motifs is 2. The van der Waals surface area contributed by atoms with Crippen LogP contribution in [0, 0.1) is 12.7 Å². The van der Waals surface area contributed by atoms with Crippen LogP contribution in [-0.4, -0.2) is 37.7 Å². The van der Waals surface area contributed by atoms with Crippen LogP contribution < -0.4 is 10.2 Å². The molecule has 178 valence electrons. The molecule has 0 radical (unpaired) electrons. The number of nitrogens with zero attached hydrogens (tertiary/aromatic N) is 6. The molecule has 2 aromatic carbocycles. The van der Waals surface area contributed by atoms with Crippen molar-refractivity contribution in [3.05, 3.63) is 83.8 Å². The number of hydrogen-bond acceptors (Lipinski definition) is 6. The molecule has 0 atom stereocenters. The molecule has 7 nitrogen and oxygen atoms in total. The number of benzene rings is 2. The lowest BCUT2D eigenvalue weighted by atomic mass is 10.0. The number of aryl methyl sites for hydroxylation is 1. The van der Waals surface area contributed by atoms with Crippen molar-refractivity contribution in [1.29, 1.82) is 0 Å². The van der Waals surface area contributed by atoms with Gasteiger partial charge in [-0.25, -0.2) is 23.9 Å². The molecule has 0 aliphatic carbocycles. The molecular weight excluding hydrogens is 441 g/mol. The molecule has 0 unspecified atom stereocenters. The standard InChI is InChI=1S/C27H28FN7/c1-4-11-34(5-2)23-9-8-22-25(26(23)28)27(31-16-29-22)33-21-7-6-20(18(3)13-21)14-19-10-12-35-24(15-19)30-17-32-35/h6-10,12-13,15-17H,4-5,11,14H2,1-3H3,(H,29,31,33). The van der Waals surface area contributed by atoms with Gasteiger partial charge >= 0.3 is 0 Å². The summed E-state index contributed by atoms with van der Waals surface area (Å²) in [6, 6.07) is 13.9. The Balaban J connectivity index is 1.43. The number of halogens is 1. The Morgan fingerprint density at radius 3 is 2.69 bits per heavy atom. The minimum atomic E-state index is -0.293. The first-order valence-corrected chi connectivity index (χ1v) is 11.9. The highest BCUT2D eigenvalue weighted by Crippen LogP contribution is 2.32. The van der Waals surface area contributed by atoms with Crippen molar-refractivity contribution < 1.29 is 4.39 Å². The molecule has 0 fully saturated rings. The summed E-state index contributed by atoms with van der Waals surface area (Å²) < 4.78 is 17.4. The van der Waals surface area contributed by atoms with Crippen molar-refractivity contribution in [2.24, 2.45) is 0 Å². The summed E-state index contributed by atoms with van der Waals surface area (Å²) in [5.41, 5.74) is 6.35. The molecule has 3 heterocycles. The number of anilines is 3. The summed E-state index contributed by atoms with van der Waals surface area (Å²) in [6.07, 6.45) is 6.67. The number of pyridine rings is 1. The van der Waals surface area contributed by atoms with Crippen LogP contribution in [0.25, 0.3) is 16.6 Å². The van der Waals surface area contributed by atoms with Gasteiger partial charge in [0.15, 0.2) is 11.5 Å². The van der Waals surface area contributed by atoms with E-state index in [1.54, 1.807) is 10.8 Å². The van der Waals surface area contributed by atoms with Gasteiger partial charge in [0.2, 0.25) is 0 Å². The van der Waals surface area contributed by atoms with Crippen LogP contribution in [0.15, 0.2) is 61.3 Å². The molecule has 5 rings (SSSR count). The van der Waals surface area contributed by atoms with Crippen molar-refractivity contribution >= 4 is 33.7 Å². The molecule has 0 saturated heterocycles. The predicted molar refractivity (Wildman–Crippen MR) is 138 cm³/mol. The maximum Gasteiger partial charge on any atom is 0.159 e. The number of aromatic nitrogens is 5. The zero-order chi connectivity index (χ0) is 24.4. The second kappa shape index (κ2) is 9.66. The van der Waals surface area contributed by atoms with E-state index in [0.29, 0.717) is 22.4 Å². The fraction of sp³-hybridized carbons (Fsp3) is 0.259. The Labute approximate surface area is 203 Å². The minimum absolute atomic E-state index is 0.293. The van der Waals surface area contributed by atoms with E-state index < -0.39 is 0 Å². The second-order valence-electron chi connectivity index (χ2n) is 8.64. The van der Waals surface area contributed by atoms with E-state index in [0.717, 1.165) is 42.8 Å². The Hall–Kier alpha value is -4.07. The summed E-state index contributed by atoms with van der Waals surface area (Å²) in [7, 11) is 0. The van der Waals surface area contributed by atoms with Crippen molar-refractivity contribution in [2.75, 3.05) is 23.3 Å². The van der Waals surface area contributed by atoms with E-state index in [-0.39, 0.29) is 5.82 Å². The van der Waals surface area contributed by atoms with E-state index in [4.69, 9.17) is 0 Å². The number of nitrogens with one attached hydrogen (secondary N) is 1. The molecule has 3 aromatic heterocycles. The van der Waals surface area contributed by atoms with Crippen molar-refractivity contribution in [2.45, 2.75) is 33.6 Å². The Bertz CT molecular complexity index is 1490. The third-order valence-corrected chi connectivity index (χ3v) is 6.28. The van der Waals surface area contributed by atoms with Gasteiger partial charge < -0.3 is 10.2 Å². The largest absolute Gasteiger partial charge is 0.369 e. The number of rotatable bonds is 8. The van der Waals surface area contributed by atoms with Gasteiger partial charge in [-0.3, -0.25) is 0 Å². The molecule has 1 N–H and O–H groups in total. The smallest absolute Gasteiger partial charge is 0.159 e. The van der Waals surface area contributed by atoms with Gasteiger partial charge in [-0.05, 0) is 79.8 Å². The van der Waals surface area contributed by atoms with Gasteiger partial charge in [-0.1, -0.05) is 13.0 Å². The molecule has 5 aromatic rings. The molecule has 0 spiro atoms. The van der Waals surface area contributed by atoms with Gasteiger partial charge in [0, 0.05) is 25.0 Å². The van der Waals surface area contributed by atoms with Crippen LogP contribution in [0.4, 0.5) is 21.6 Å². The number of hydrogen-bond donors (Lipinski definition) is 1. The van der Waals surface area contributed by atoms with E-state index in [1.807, 2.05) is 42.3 Å². The van der Waals surface area contributed by atoms with E-state index in [2.05, 4.69) is 57.4 Å². The third kappa shape index (κ3) is 4.51. The first-order chi connectivity index (χ1) is 17.1. The molecule has 0 aliphatic heterocycles. The summed E-state index contributed by atoms with van der Waals surface area (Å²) in [4.78, 5) is 15.0. The SMILES string of the molecule is CCCN(CC)c1ccc2ncnc(Nc3ccc(Cc4ccn5ncnc5c4)c(C)c3)c2c1F. The monoisotopic (exact) mass is 469 g/mol. The summed E-state index contributed by atoms with van der Waals surface area (Å²) in [6.45, 7) is 7.74. The van der Waals surface area contributed by atoms with Crippen LogP contribution in [0.5, 0.6) is 0 Å². The van der Waals surface area contributed by atoms with E-state index >= 15 is 4.39 Å². The summed E-state index contributed by atoms with van der Waals surface area (Å²) in [5, 5.41) is 7.88. The van der Waals surface area contributed by atoms with Gasteiger partial charge in [0.1, 0.15) is 18.5 Å². The van der Waals surface area contributed by atoms with Gasteiger partial charge in [-0.2, -0.15) is 5.10 Å². The molecular formula is C27H28FN7.